The highest BCUT2D eigenvalue weighted by Crippen LogP contribution is 2.19. The second-order valence-electron chi connectivity index (χ2n) is 5.87. The maximum Gasteiger partial charge on any atom is 0.268 e. The van der Waals surface area contributed by atoms with E-state index in [4.69, 9.17) is 0 Å². The fourth-order valence-electron chi connectivity index (χ4n) is 2.71. The first kappa shape index (κ1) is 19.2. The number of rotatable bonds is 7. The van der Waals surface area contributed by atoms with Crippen LogP contribution in [0, 0.1) is 0 Å². The predicted molar refractivity (Wildman–Crippen MR) is 97.8 cm³/mol. The lowest BCUT2D eigenvalue weighted by Gasteiger charge is -2.17. The molecule has 1 aromatic carbocycles. The van der Waals surface area contributed by atoms with Gasteiger partial charge in [0, 0.05) is 26.3 Å². The van der Waals surface area contributed by atoms with E-state index in [9.17, 15) is 13.2 Å². The van der Waals surface area contributed by atoms with Gasteiger partial charge in [0.25, 0.3) is 5.91 Å². The summed E-state index contributed by atoms with van der Waals surface area (Å²) in [6.07, 6.45) is 1.48. The number of carbonyl (C=O) groups excluding carboxylic acids is 1. The van der Waals surface area contributed by atoms with E-state index in [0.29, 0.717) is 18.8 Å². The third-order valence-electron chi connectivity index (χ3n) is 4.20. The van der Waals surface area contributed by atoms with Gasteiger partial charge in [-0.25, -0.2) is 8.42 Å². The number of benzene rings is 1. The van der Waals surface area contributed by atoms with Gasteiger partial charge in [-0.3, -0.25) is 4.79 Å². The van der Waals surface area contributed by atoms with Crippen LogP contribution in [0.5, 0.6) is 0 Å². The first-order valence-electron chi connectivity index (χ1n) is 8.33. The Balaban J connectivity index is 2.23. The molecule has 0 aliphatic rings. The van der Waals surface area contributed by atoms with Gasteiger partial charge in [0.1, 0.15) is 10.6 Å². The van der Waals surface area contributed by atoms with Gasteiger partial charge in [-0.1, -0.05) is 44.2 Å². The highest BCUT2D eigenvalue weighted by atomic mass is 32.2. The molecule has 6 nitrogen and oxygen atoms in total. The number of amides is 1. The predicted octanol–water partition coefficient (Wildman–Crippen LogP) is 2.55. The zero-order chi connectivity index (χ0) is 18.6. The Hall–Kier alpha value is -2.12. The number of sulfonamides is 1. The quantitative estimate of drug-likeness (QED) is 0.822. The van der Waals surface area contributed by atoms with E-state index in [1.807, 2.05) is 37.3 Å². The summed E-state index contributed by atoms with van der Waals surface area (Å²) >= 11 is 0. The number of aryl methyl sites for hydroxylation is 1. The van der Waals surface area contributed by atoms with Gasteiger partial charge >= 0.3 is 0 Å². The molecule has 1 amide bonds. The minimum atomic E-state index is -3.58. The molecular weight excluding hydrogens is 338 g/mol. The summed E-state index contributed by atoms with van der Waals surface area (Å²) in [5.41, 5.74) is 1.30. The SMILES string of the molecule is CCN(CC)S(=O)(=O)c1cc(C(=O)NC(C)c2ccccc2)n(C)c1. The van der Waals surface area contributed by atoms with E-state index >= 15 is 0 Å². The number of carbonyl (C=O) groups is 1. The van der Waals surface area contributed by atoms with E-state index in [-0.39, 0.29) is 16.8 Å². The van der Waals surface area contributed by atoms with Crippen LogP contribution in [0.2, 0.25) is 0 Å². The van der Waals surface area contributed by atoms with E-state index in [1.165, 1.54) is 16.6 Å². The second-order valence-corrected chi connectivity index (χ2v) is 7.81. The van der Waals surface area contributed by atoms with Gasteiger partial charge in [0.2, 0.25) is 10.0 Å². The van der Waals surface area contributed by atoms with Crippen molar-refractivity contribution in [2.24, 2.45) is 7.05 Å². The van der Waals surface area contributed by atoms with Gasteiger partial charge in [-0.2, -0.15) is 4.31 Å². The molecule has 0 fully saturated rings. The lowest BCUT2D eigenvalue weighted by molar-refractivity contribution is 0.0931. The third kappa shape index (κ3) is 4.11. The number of hydrogen-bond donors (Lipinski definition) is 1. The van der Waals surface area contributed by atoms with Crippen LogP contribution in [0.3, 0.4) is 0 Å². The van der Waals surface area contributed by atoms with Crippen LogP contribution in [0.15, 0.2) is 47.5 Å². The summed E-state index contributed by atoms with van der Waals surface area (Å²) in [6, 6.07) is 10.9. The lowest BCUT2D eigenvalue weighted by atomic mass is 10.1. The number of nitrogens with zero attached hydrogens (tertiary/aromatic N) is 2. The van der Waals surface area contributed by atoms with Gasteiger partial charge in [0.05, 0.1) is 6.04 Å². The lowest BCUT2D eigenvalue weighted by Crippen LogP contribution is -2.30. The van der Waals surface area contributed by atoms with Crippen molar-refractivity contribution in [2.75, 3.05) is 13.1 Å². The average Bonchev–Trinajstić information content (AvgIpc) is 2.99. The molecule has 1 heterocycles. The summed E-state index contributed by atoms with van der Waals surface area (Å²) in [4.78, 5) is 12.7. The van der Waals surface area contributed by atoms with Crippen molar-refractivity contribution in [1.29, 1.82) is 0 Å². The van der Waals surface area contributed by atoms with Crippen LogP contribution >= 0.6 is 0 Å². The Morgan fingerprint density at radius 3 is 2.36 bits per heavy atom. The van der Waals surface area contributed by atoms with Crippen molar-refractivity contribution in [2.45, 2.75) is 31.7 Å². The first-order chi connectivity index (χ1) is 11.8. The number of aromatic nitrogens is 1. The zero-order valence-corrected chi connectivity index (χ0v) is 15.9. The second kappa shape index (κ2) is 7.84. The van der Waals surface area contributed by atoms with Crippen LogP contribution in [0.25, 0.3) is 0 Å². The molecule has 25 heavy (non-hydrogen) atoms. The minimum Gasteiger partial charge on any atom is -0.345 e. The normalized spacial score (nSPS) is 13.0. The molecule has 136 valence electrons. The molecular formula is C18H25N3O3S. The Morgan fingerprint density at radius 2 is 1.80 bits per heavy atom. The van der Waals surface area contributed by atoms with Gasteiger partial charge in [-0.05, 0) is 18.6 Å². The smallest absolute Gasteiger partial charge is 0.268 e. The third-order valence-corrected chi connectivity index (χ3v) is 6.22. The fraction of sp³-hybridized carbons (Fsp3) is 0.389. The molecule has 0 saturated heterocycles. The standard InChI is InChI=1S/C18H25N3O3S/c1-5-21(6-2)25(23,24)16-12-17(20(4)13-16)18(22)19-14(3)15-10-8-7-9-11-15/h7-14H,5-6H2,1-4H3,(H,19,22). The van der Waals surface area contributed by atoms with Crippen LogP contribution in [0.1, 0.15) is 42.9 Å². The molecule has 1 atom stereocenters. The van der Waals surface area contributed by atoms with E-state index in [1.54, 1.807) is 25.5 Å². The molecule has 2 rings (SSSR count). The molecule has 2 aromatic rings. The Kier molecular flexibility index (Phi) is 6.02. The minimum absolute atomic E-state index is 0.135. The van der Waals surface area contributed by atoms with Crippen molar-refractivity contribution >= 4 is 15.9 Å². The molecule has 0 saturated carbocycles. The van der Waals surface area contributed by atoms with Crippen LogP contribution in [0.4, 0.5) is 0 Å². The Labute approximate surface area is 149 Å². The van der Waals surface area contributed by atoms with Crippen molar-refractivity contribution in [3.63, 3.8) is 0 Å². The molecule has 7 heteroatoms. The maximum atomic E-state index is 12.6. The van der Waals surface area contributed by atoms with E-state index < -0.39 is 10.0 Å². The molecule has 1 aromatic heterocycles. The van der Waals surface area contributed by atoms with Crippen molar-refractivity contribution in [3.05, 3.63) is 53.9 Å². The molecule has 0 spiro atoms. The summed E-state index contributed by atoms with van der Waals surface area (Å²) in [7, 11) is -1.91. The summed E-state index contributed by atoms with van der Waals surface area (Å²) in [6.45, 7) is 6.25. The fourth-order valence-corrected chi connectivity index (χ4v) is 4.24. The highest BCUT2D eigenvalue weighted by Gasteiger charge is 2.25. The Bertz CT molecular complexity index is 825. The molecule has 0 aliphatic carbocycles. The van der Waals surface area contributed by atoms with Gasteiger partial charge in [0.15, 0.2) is 0 Å². The van der Waals surface area contributed by atoms with E-state index in [0.717, 1.165) is 5.56 Å². The van der Waals surface area contributed by atoms with Crippen molar-refractivity contribution in [1.82, 2.24) is 14.2 Å². The largest absolute Gasteiger partial charge is 0.345 e. The van der Waals surface area contributed by atoms with Crippen LogP contribution < -0.4 is 5.32 Å². The summed E-state index contributed by atoms with van der Waals surface area (Å²) in [5, 5.41) is 2.91. The molecule has 0 bridgehead atoms. The number of hydrogen-bond acceptors (Lipinski definition) is 3. The van der Waals surface area contributed by atoms with Gasteiger partial charge in [-0.15, -0.1) is 0 Å². The van der Waals surface area contributed by atoms with Crippen molar-refractivity contribution < 1.29 is 13.2 Å². The van der Waals surface area contributed by atoms with Gasteiger partial charge < -0.3 is 9.88 Å². The Morgan fingerprint density at radius 1 is 1.20 bits per heavy atom. The zero-order valence-electron chi connectivity index (χ0n) is 15.1. The highest BCUT2D eigenvalue weighted by molar-refractivity contribution is 7.89. The summed E-state index contributed by atoms with van der Waals surface area (Å²) in [5.74, 6) is -0.306. The first-order valence-corrected chi connectivity index (χ1v) is 9.77. The van der Waals surface area contributed by atoms with Crippen LogP contribution in [-0.4, -0.2) is 36.3 Å². The van der Waals surface area contributed by atoms with Crippen LogP contribution in [-0.2, 0) is 17.1 Å². The van der Waals surface area contributed by atoms with Crippen molar-refractivity contribution in [3.8, 4) is 0 Å². The maximum absolute atomic E-state index is 12.6. The number of nitrogens with one attached hydrogen (secondary N) is 1. The monoisotopic (exact) mass is 363 g/mol. The molecule has 1 unspecified atom stereocenters. The topological polar surface area (TPSA) is 71.4 Å². The summed E-state index contributed by atoms with van der Waals surface area (Å²) < 4.78 is 28.1. The molecule has 1 N–H and O–H groups in total. The molecule has 0 radical (unpaired) electrons. The average molecular weight is 363 g/mol. The molecule has 0 aliphatic heterocycles. The van der Waals surface area contributed by atoms with E-state index in [2.05, 4.69) is 5.32 Å².